The monoisotopic (exact) mass is 1220 g/mol. The molecule has 0 aliphatic rings. The number of aliphatic carboxylic acids is 1. The van der Waals surface area contributed by atoms with Crippen molar-refractivity contribution in [3.8, 4) is 58.1 Å². The van der Waals surface area contributed by atoms with Gasteiger partial charge >= 0.3 is 41.5 Å². The molecule has 3 radical (unpaired) electrons. The van der Waals surface area contributed by atoms with Gasteiger partial charge in [0.15, 0.2) is 46.0 Å². The van der Waals surface area contributed by atoms with Crippen molar-refractivity contribution >= 4 is 32.6 Å². The second-order valence-electron chi connectivity index (χ2n) is 19.6. The van der Waals surface area contributed by atoms with Crippen LogP contribution < -0.4 is 77.9 Å². The Hall–Kier alpha value is -6.76. The maximum atomic E-state index is 10.8. The number of carboxylic acid groups (broad SMARTS) is 1. The molecule has 87 heavy (non-hydrogen) atoms. The van der Waals surface area contributed by atoms with Crippen LogP contribution in [0.1, 0.15) is 96.4 Å². The van der Waals surface area contributed by atoms with E-state index in [2.05, 4.69) is 65.2 Å². The minimum absolute atomic E-state index is 0. The smallest absolute Gasteiger partial charge is 0.550 e. The van der Waals surface area contributed by atoms with Crippen LogP contribution in [0.2, 0.25) is 0 Å². The molecular weight excluding hydrogens is 1130 g/mol. The summed E-state index contributed by atoms with van der Waals surface area (Å²) in [5.41, 5.74) is 2.92. The van der Waals surface area contributed by atoms with Gasteiger partial charge in [-0.1, -0.05) is 52.0 Å². The van der Waals surface area contributed by atoms with Crippen molar-refractivity contribution in [2.24, 2.45) is 11.8 Å². The number of carbonyl (C=O) groups excluding carboxylic acids is 4. The first-order chi connectivity index (χ1) is 40.6. The molecule has 0 amide bonds. The first kappa shape index (κ1) is 84.5. The van der Waals surface area contributed by atoms with Crippen molar-refractivity contribution in [1.82, 2.24) is 10.2 Å². The number of likely N-dealkylation sites (N-methyl/N-ethyl adjacent to an activating group) is 2. The van der Waals surface area contributed by atoms with E-state index in [0.29, 0.717) is 62.3 Å². The van der Waals surface area contributed by atoms with Gasteiger partial charge in [-0.15, -0.1) is 0 Å². The van der Waals surface area contributed by atoms with E-state index in [0.717, 1.165) is 106 Å². The van der Waals surface area contributed by atoms with Crippen molar-refractivity contribution in [3.63, 3.8) is 0 Å². The second kappa shape index (κ2) is 48.3. The van der Waals surface area contributed by atoms with Crippen molar-refractivity contribution in [2.45, 2.75) is 97.8 Å². The molecule has 4 aromatic carbocycles. The molecule has 2 unspecified atom stereocenters. The molecule has 0 aliphatic carbocycles. The summed E-state index contributed by atoms with van der Waals surface area (Å²) >= 11 is 0. The average molecular weight is 1220 g/mol. The van der Waals surface area contributed by atoms with Crippen LogP contribution in [0.3, 0.4) is 0 Å². The van der Waals surface area contributed by atoms with Crippen LogP contribution in [0.5, 0.6) is 46.0 Å². The molecule has 1 N–H and O–H groups in total. The molecule has 23 heteroatoms. The van der Waals surface area contributed by atoms with Crippen molar-refractivity contribution in [3.05, 3.63) is 95.1 Å². The topological polar surface area (TPSA) is 265 Å². The molecule has 4 aromatic rings. The molecule has 0 spiro atoms. The number of methoxy groups -OCH3 is 8. The summed E-state index contributed by atoms with van der Waals surface area (Å²) in [7, 11) is 17.1. The van der Waals surface area contributed by atoms with E-state index in [9.17, 15) is 24.9 Å². The predicted octanol–water partition coefficient (Wildman–Crippen LogP) is 5.10. The van der Waals surface area contributed by atoms with Gasteiger partial charge in [-0.2, -0.15) is 10.5 Å². The van der Waals surface area contributed by atoms with E-state index in [4.69, 9.17) is 57.3 Å². The second-order valence-corrected chi connectivity index (χ2v) is 19.6. The minimum atomic E-state index is -1.08. The molecule has 0 heterocycles. The molecule has 21 nitrogen and oxygen atoms in total. The van der Waals surface area contributed by atoms with Gasteiger partial charge in [-0.25, -0.2) is 19.4 Å². The number of carbonyl (C=O) groups is 4. The van der Waals surface area contributed by atoms with Crippen molar-refractivity contribution in [1.29, 1.82) is 10.5 Å². The Kier molecular flexibility index (Phi) is 46.9. The zero-order valence-electron chi connectivity index (χ0n) is 54.7. The standard InChI is InChI=1S/C29H42N2O5.C18H25NO4.C11H17NO2.C4H6O4.C2H4O2.B.Na/c1-22(2)29(21-30,24-10-12-26(28(20-24)35-7)36-18-17-32-4)14-8-15-31(3)16-13-23-9-11-25(33-5)27(19-23)34-6;1-14(2)18(13-19,8-5-9-20)15-6-7-16(17(12-15)22-4)23-11-10-21-3;1-12-7-6-9-4-5-10(13-2)11(8-9)14-3;1-3(5)7-8-4(2)6;1-2(3)4;;/h9-12,19-20,22H,8,13-18H2,1-7H3;6-7,9,12,14H,5,8,10-11H2,1-4H3;4-5,8,12H,6-7H2,1-3H3;1-2H3;1H3,(H,3,4);;/q;;;;;;+1/p-1. The van der Waals surface area contributed by atoms with E-state index < -0.39 is 28.7 Å². The molecule has 2 atom stereocenters. The van der Waals surface area contributed by atoms with Gasteiger partial charge in [0.25, 0.3) is 0 Å². The number of ether oxygens (including phenoxy) is 10. The Balaban J connectivity index is -0.00000118. The minimum Gasteiger partial charge on any atom is -0.550 e. The summed E-state index contributed by atoms with van der Waals surface area (Å²) in [6.07, 6.45) is 5.26. The maximum Gasteiger partial charge on any atom is 1.00 e. The molecule has 4 rings (SSSR count). The summed E-state index contributed by atoms with van der Waals surface area (Å²) in [5, 5.41) is 32.1. The quantitative estimate of drug-likeness (QED) is 0.0226. The SMILES string of the molecule is CC(=O)OOC(C)=O.CC(=O)[O-].CNCCc1ccc(OC)c(OC)c1.COCCOc1ccc(C(C#N)(CCC=O)C(C)C)cc1OC.COCCOc1ccc(C(C#N)(CCCN(C)CCc2ccc(OC)c(OC)c2)C(C)C)cc1OC.[B].[Na+]. The molecule has 0 fully saturated rings. The fourth-order valence-corrected chi connectivity index (χ4v) is 8.44. The van der Waals surface area contributed by atoms with E-state index >= 15 is 0 Å². The van der Waals surface area contributed by atoms with Gasteiger partial charge in [0.05, 0.1) is 78.8 Å². The maximum absolute atomic E-state index is 10.8. The summed E-state index contributed by atoms with van der Waals surface area (Å²) in [4.78, 5) is 49.3. The largest absolute Gasteiger partial charge is 1.00 e. The summed E-state index contributed by atoms with van der Waals surface area (Å²) in [5.74, 6) is 3.38. The van der Waals surface area contributed by atoms with E-state index in [-0.39, 0.29) is 49.8 Å². The van der Waals surface area contributed by atoms with Gasteiger partial charge < -0.3 is 72.3 Å². The molecule has 0 saturated carbocycles. The third kappa shape index (κ3) is 31.1. The molecular formula is C64H93BN4NaO17. The third-order valence-electron chi connectivity index (χ3n) is 13.2. The van der Waals surface area contributed by atoms with Crippen LogP contribution in [0.4, 0.5) is 0 Å². The van der Waals surface area contributed by atoms with Crippen LogP contribution in [-0.2, 0) is 62.1 Å². The predicted molar refractivity (Wildman–Crippen MR) is 327 cm³/mol. The van der Waals surface area contributed by atoms with Gasteiger partial charge in [0.1, 0.15) is 19.5 Å². The van der Waals surface area contributed by atoms with Gasteiger partial charge in [0.2, 0.25) is 0 Å². The zero-order valence-corrected chi connectivity index (χ0v) is 56.7. The number of hydrogen-bond acceptors (Lipinski definition) is 21. The third-order valence-corrected chi connectivity index (χ3v) is 13.2. The summed E-state index contributed by atoms with van der Waals surface area (Å²) in [6, 6.07) is 28.5. The molecule has 0 saturated heterocycles. The van der Waals surface area contributed by atoms with Gasteiger partial charge in [0, 0.05) is 55.4 Å². The zero-order chi connectivity index (χ0) is 64.4. The summed E-state index contributed by atoms with van der Waals surface area (Å²) in [6.45, 7) is 16.1. The van der Waals surface area contributed by atoms with Crippen molar-refractivity contribution < 1.29 is 111 Å². The van der Waals surface area contributed by atoms with Crippen LogP contribution in [0.25, 0.3) is 0 Å². The van der Waals surface area contributed by atoms with Crippen LogP contribution in [0, 0.1) is 34.5 Å². The molecule has 0 aromatic heterocycles. The number of hydrogen-bond donors (Lipinski definition) is 1. The Bertz CT molecular complexity index is 2650. The van der Waals surface area contributed by atoms with Crippen molar-refractivity contribution in [2.75, 3.05) is 117 Å². The normalized spacial score (nSPS) is 11.4. The van der Waals surface area contributed by atoms with Gasteiger partial charge in [-0.05, 0) is 149 Å². The van der Waals surface area contributed by atoms with Crippen LogP contribution >= 0.6 is 0 Å². The number of aldehydes is 1. The van der Waals surface area contributed by atoms with E-state index in [1.165, 1.54) is 11.1 Å². The fourth-order valence-electron chi connectivity index (χ4n) is 8.44. The molecule has 475 valence electrons. The number of nitriles is 2. The number of rotatable bonds is 31. The van der Waals surface area contributed by atoms with Crippen LogP contribution in [-0.4, -0.2) is 155 Å². The Morgan fingerprint density at radius 1 is 0.575 bits per heavy atom. The Morgan fingerprint density at radius 3 is 1.28 bits per heavy atom. The number of nitrogens with zero attached hydrogens (tertiary/aromatic N) is 3. The Morgan fingerprint density at radius 2 is 0.943 bits per heavy atom. The average Bonchev–Trinajstić information content (AvgIpc) is 1.14. The van der Waals surface area contributed by atoms with Gasteiger partial charge in [-0.3, -0.25) is 0 Å². The first-order valence-corrected chi connectivity index (χ1v) is 27.7. The molecule has 0 aliphatic heterocycles. The number of carboxylic acids is 1. The molecule has 0 bridgehead atoms. The fraction of sp³-hybridized carbons (Fsp3) is 0.531. The van der Waals surface area contributed by atoms with Crippen LogP contribution in [0.15, 0.2) is 72.8 Å². The van der Waals surface area contributed by atoms with E-state index in [1.54, 1.807) is 62.9 Å². The number of benzene rings is 4. The summed E-state index contributed by atoms with van der Waals surface area (Å²) < 4.78 is 53.5. The number of nitrogens with one attached hydrogen (secondary N) is 1. The Labute approximate surface area is 541 Å². The van der Waals surface area contributed by atoms with E-state index in [1.807, 2.05) is 75.5 Å². The first-order valence-electron chi connectivity index (χ1n) is 27.7.